The molecule has 0 saturated heterocycles. The van der Waals surface area contributed by atoms with Crippen LogP contribution >= 0.6 is 39.1 Å². The van der Waals surface area contributed by atoms with E-state index in [-0.39, 0.29) is 12.1 Å². The zero-order valence-corrected chi connectivity index (χ0v) is 14.2. The Hall–Kier alpha value is -0.590. The van der Waals surface area contributed by atoms with Crippen molar-refractivity contribution < 1.29 is 0 Å². The van der Waals surface area contributed by atoms with Crippen LogP contribution in [0.2, 0.25) is 10.0 Å². The van der Waals surface area contributed by atoms with Gasteiger partial charge in [-0.2, -0.15) is 5.10 Å². The molecule has 20 heavy (non-hydrogen) atoms. The fourth-order valence-electron chi connectivity index (χ4n) is 2.08. The van der Waals surface area contributed by atoms with Crippen molar-refractivity contribution in [1.29, 1.82) is 0 Å². The van der Waals surface area contributed by atoms with Gasteiger partial charge in [-0.15, -0.1) is 0 Å². The lowest BCUT2D eigenvalue weighted by Crippen LogP contribution is -2.31. The molecule has 0 aliphatic rings. The molecule has 0 fully saturated rings. The largest absolute Gasteiger partial charge is 0.271 e. The van der Waals surface area contributed by atoms with Gasteiger partial charge in [0, 0.05) is 15.5 Å². The summed E-state index contributed by atoms with van der Waals surface area (Å²) in [6.45, 7) is 4.07. The van der Waals surface area contributed by atoms with Crippen molar-refractivity contribution in [1.82, 2.24) is 15.2 Å². The predicted octanol–water partition coefficient (Wildman–Crippen LogP) is 4.09. The molecule has 0 saturated carbocycles. The molecular weight excluding hydrogens is 363 g/mol. The molecule has 0 aliphatic heterocycles. The Balaban J connectivity index is 2.58. The predicted molar refractivity (Wildman–Crippen MR) is 85.9 cm³/mol. The number of aromatic nitrogens is 2. The van der Waals surface area contributed by atoms with Crippen molar-refractivity contribution in [2.45, 2.75) is 25.9 Å². The van der Waals surface area contributed by atoms with E-state index in [1.807, 2.05) is 36.7 Å². The topological polar surface area (TPSA) is 55.9 Å². The van der Waals surface area contributed by atoms with Crippen molar-refractivity contribution in [2.24, 2.45) is 5.84 Å². The van der Waals surface area contributed by atoms with Crippen molar-refractivity contribution >= 4 is 39.1 Å². The SMILES string of the molecule is CC(C)n1ncc(Cl)c1C(NN)c1cc(Cl)ccc1Br. The van der Waals surface area contributed by atoms with E-state index in [0.717, 1.165) is 15.7 Å². The van der Waals surface area contributed by atoms with E-state index in [4.69, 9.17) is 29.0 Å². The van der Waals surface area contributed by atoms with Crippen LogP contribution in [0.15, 0.2) is 28.9 Å². The highest BCUT2D eigenvalue weighted by atomic mass is 79.9. The number of hydrogen-bond acceptors (Lipinski definition) is 3. The molecule has 0 amide bonds. The minimum absolute atomic E-state index is 0.173. The molecule has 1 aromatic heterocycles. The molecule has 2 aromatic rings. The molecule has 7 heteroatoms. The summed E-state index contributed by atoms with van der Waals surface area (Å²) < 4.78 is 2.75. The molecule has 2 rings (SSSR count). The fraction of sp³-hybridized carbons (Fsp3) is 0.308. The van der Waals surface area contributed by atoms with Crippen LogP contribution < -0.4 is 11.3 Å². The van der Waals surface area contributed by atoms with E-state index < -0.39 is 0 Å². The Kier molecular flexibility index (Phi) is 5.09. The normalized spacial score (nSPS) is 12.9. The standard InChI is InChI=1S/C13H15BrCl2N4/c1-7(2)20-13(11(16)6-18-20)12(19-17)9-5-8(15)3-4-10(9)14/h3-7,12,19H,17H2,1-2H3. The number of hydrazine groups is 1. The van der Waals surface area contributed by atoms with E-state index in [1.165, 1.54) is 0 Å². The molecule has 1 unspecified atom stereocenters. The van der Waals surface area contributed by atoms with Crippen LogP contribution in [0.4, 0.5) is 0 Å². The third-order valence-corrected chi connectivity index (χ3v) is 4.23. The number of hydrogen-bond donors (Lipinski definition) is 2. The molecule has 0 spiro atoms. The summed E-state index contributed by atoms with van der Waals surface area (Å²) in [5.41, 5.74) is 4.51. The van der Waals surface area contributed by atoms with Gasteiger partial charge in [0.2, 0.25) is 0 Å². The van der Waals surface area contributed by atoms with Crippen LogP contribution in [0, 0.1) is 0 Å². The summed E-state index contributed by atoms with van der Waals surface area (Å²) >= 11 is 15.9. The van der Waals surface area contributed by atoms with E-state index >= 15 is 0 Å². The second kappa shape index (κ2) is 6.45. The lowest BCUT2D eigenvalue weighted by molar-refractivity contribution is 0.476. The Morgan fingerprint density at radius 2 is 2.05 bits per heavy atom. The first-order valence-electron chi connectivity index (χ1n) is 6.09. The molecular formula is C13H15BrCl2N4. The number of rotatable bonds is 4. The number of halogens is 3. The summed E-state index contributed by atoms with van der Waals surface area (Å²) in [7, 11) is 0. The van der Waals surface area contributed by atoms with Gasteiger partial charge in [0.1, 0.15) is 0 Å². The highest BCUT2D eigenvalue weighted by Crippen LogP contribution is 2.34. The average molecular weight is 378 g/mol. The van der Waals surface area contributed by atoms with Gasteiger partial charge in [-0.1, -0.05) is 39.1 Å². The maximum absolute atomic E-state index is 6.28. The number of nitrogens with two attached hydrogens (primary N) is 1. The quantitative estimate of drug-likeness (QED) is 0.623. The van der Waals surface area contributed by atoms with Gasteiger partial charge in [0.25, 0.3) is 0 Å². The minimum Gasteiger partial charge on any atom is -0.271 e. The van der Waals surface area contributed by atoms with Gasteiger partial charge in [0.05, 0.1) is 23.0 Å². The van der Waals surface area contributed by atoms with Crippen molar-refractivity contribution in [3.05, 3.63) is 50.2 Å². The smallest absolute Gasteiger partial charge is 0.0905 e. The number of nitrogens with zero attached hydrogens (tertiary/aromatic N) is 2. The van der Waals surface area contributed by atoms with Crippen LogP contribution in [-0.4, -0.2) is 9.78 Å². The van der Waals surface area contributed by atoms with E-state index in [1.54, 1.807) is 6.20 Å². The molecule has 0 bridgehead atoms. The Bertz CT molecular complexity index is 612. The van der Waals surface area contributed by atoms with Gasteiger partial charge >= 0.3 is 0 Å². The number of benzene rings is 1. The van der Waals surface area contributed by atoms with Crippen LogP contribution in [0.25, 0.3) is 0 Å². The molecule has 3 N–H and O–H groups in total. The molecule has 4 nitrogen and oxygen atoms in total. The third-order valence-electron chi connectivity index (χ3n) is 2.99. The van der Waals surface area contributed by atoms with Crippen LogP contribution in [0.1, 0.15) is 37.2 Å². The molecule has 0 aliphatic carbocycles. The van der Waals surface area contributed by atoms with Crippen molar-refractivity contribution in [3.63, 3.8) is 0 Å². The lowest BCUT2D eigenvalue weighted by Gasteiger charge is -2.22. The third kappa shape index (κ3) is 3.02. The molecule has 1 atom stereocenters. The second-order valence-corrected chi connectivity index (χ2v) is 6.38. The molecule has 108 valence electrons. The van der Waals surface area contributed by atoms with Gasteiger partial charge < -0.3 is 0 Å². The summed E-state index contributed by atoms with van der Waals surface area (Å²) in [5, 5.41) is 5.50. The maximum atomic E-state index is 6.28. The van der Waals surface area contributed by atoms with Gasteiger partial charge in [-0.3, -0.25) is 10.5 Å². The maximum Gasteiger partial charge on any atom is 0.0905 e. The first-order chi connectivity index (χ1) is 9.45. The fourth-order valence-corrected chi connectivity index (χ4v) is 2.98. The Labute approximate surface area is 136 Å². The molecule has 0 radical (unpaired) electrons. The summed E-state index contributed by atoms with van der Waals surface area (Å²) in [5.74, 6) is 5.74. The second-order valence-electron chi connectivity index (χ2n) is 4.68. The van der Waals surface area contributed by atoms with E-state index in [9.17, 15) is 0 Å². The van der Waals surface area contributed by atoms with Crippen LogP contribution in [0.3, 0.4) is 0 Å². The monoisotopic (exact) mass is 376 g/mol. The van der Waals surface area contributed by atoms with E-state index in [0.29, 0.717) is 10.0 Å². The Morgan fingerprint density at radius 1 is 1.35 bits per heavy atom. The number of nitrogens with one attached hydrogen (secondary N) is 1. The molecule has 1 aromatic carbocycles. The first kappa shape index (κ1) is 15.8. The summed E-state index contributed by atoms with van der Waals surface area (Å²) in [6.07, 6.45) is 1.62. The van der Waals surface area contributed by atoms with Gasteiger partial charge in [-0.25, -0.2) is 5.43 Å². The van der Waals surface area contributed by atoms with Gasteiger partial charge in [-0.05, 0) is 37.6 Å². The average Bonchev–Trinajstić information content (AvgIpc) is 2.77. The highest BCUT2D eigenvalue weighted by Gasteiger charge is 2.24. The Morgan fingerprint density at radius 3 is 2.65 bits per heavy atom. The lowest BCUT2D eigenvalue weighted by atomic mass is 10.0. The first-order valence-corrected chi connectivity index (χ1v) is 7.64. The van der Waals surface area contributed by atoms with E-state index in [2.05, 4.69) is 26.5 Å². The summed E-state index contributed by atoms with van der Waals surface area (Å²) in [4.78, 5) is 0. The zero-order chi connectivity index (χ0) is 14.9. The minimum atomic E-state index is -0.305. The molecule has 1 heterocycles. The highest BCUT2D eigenvalue weighted by molar-refractivity contribution is 9.10. The zero-order valence-electron chi connectivity index (χ0n) is 11.1. The van der Waals surface area contributed by atoms with Crippen molar-refractivity contribution in [2.75, 3.05) is 0 Å². The van der Waals surface area contributed by atoms with Crippen molar-refractivity contribution in [3.8, 4) is 0 Å². The summed E-state index contributed by atoms with van der Waals surface area (Å²) in [6, 6.07) is 5.41. The van der Waals surface area contributed by atoms with Gasteiger partial charge in [0.15, 0.2) is 0 Å². The van der Waals surface area contributed by atoms with Crippen LogP contribution in [-0.2, 0) is 0 Å². The van der Waals surface area contributed by atoms with Crippen LogP contribution in [0.5, 0.6) is 0 Å².